The maximum atomic E-state index is 11.9. The van der Waals surface area contributed by atoms with Gasteiger partial charge in [-0.05, 0) is 33.2 Å². The van der Waals surface area contributed by atoms with Crippen molar-refractivity contribution in [2.45, 2.75) is 33.3 Å². The van der Waals surface area contributed by atoms with Crippen LogP contribution in [-0.4, -0.2) is 35.7 Å². The highest BCUT2D eigenvalue weighted by atomic mass is 16.6. The molecule has 5 nitrogen and oxygen atoms in total. The van der Waals surface area contributed by atoms with Crippen molar-refractivity contribution in [3.63, 3.8) is 0 Å². The van der Waals surface area contributed by atoms with E-state index in [1.54, 1.807) is 27.7 Å². The van der Waals surface area contributed by atoms with Crippen molar-refractivity contribution < 1.29 is 19.4 Å². The van der Waals surface area contributed by atoms with Crippen LogP contribution >= 0.6 is 0 Å². The average Bonchev–Trinajstić information content (AvgIpc) is 2.61. The fourth-order valence-corrected chi connectivity index (χ4v) is 2.06. The number of rotatable bonds is 3. The van der Waals surface area contributed by atoms with Gasteiger partial charge in [-0.2, -0.15) is 0 Å². The Morgan fingerprint density at radius 2 is 1.94 bits per heavy atom. The van der Waals surface area contributed by atoms with E-state index >= 15 is 0 Å². The Hall–Kier alpha value is -1.10. The van der Waals surface area contributed by atoms with E-state index in [9.17, 15) is 9.59 Å². The zero-order valence-corrected chi connectivity index (χ0v) is 10.8. The van der Waals surface area contributed by atoms with Gasteiger partial charge in [-0.1, -0.05) is 6.92 Å². The van der Waals surface area contributed by atoms with Crippen molar-refractivity contribution in [2.24, 2.45) is 17.8 Å². The zero-order chi connectivity index (χ0) is 13.2. The van der Waals surface area contributed by atoms with Crippen molar-refractivity contribution in [2.75, 3.05) is 13.1 Å². The van der Waals surface area contributed by atoms with Crippen LogP contribution in [0.25, 0.3) is 0 Å². The van der Waals surface area contributed by atoms with Gasteiger partial charge in [0, 0.05) is 6.54 Å². The summed E-state index contributed by atoms with van der Waals surface area (Å²) in [5.74, 6) is -2.27. The lowest BCUT2D eigenvalue weighted by molar-refractivity contribution is -0.162. The number of carboxylic acids is 1. The highest BCUT2D eigenvalue weighted by Gasteiger charge is 2.40. The van der Waals surface area contributed by atoms with Crippen LogP contribution in [0.1, 0.15) is 27.7 Å². The Bertz CT molecular complexity index is 308. The van der Waals surface area contributed by atoms with Crippen LogP contribution < -0.4 is 5.32 Å². The molecule has 1 rings (SSSR count). The van der Waals surface area contributed by atoms with Crippen molar-refractivity contribution >= 4 is 11.9 Å². The van der Waals surface area contributed by atoms with Gasteiger partial charge in [-0.25, -0.2) is 0 Å². The van der Waals surface area contributed by atoms with Crippen molar-refractivity contribution in [1.29, 1.82) is 0 Å². The van der Waals surface area contributed by atoms with Crippen LogP contribution in [0.5, 0.6) is 0 Å². The fraction of sp³-hybridized carbons (Fsp3) is 0.833. The molecule has 0 spiro atoms. The molecule has 98 valence electrons. The summed E-state index contributed by atoms with van der Waals surface area (Å²) >= 11 is 0. The lowest BCUT2D eigenvalue weighted by Crippen LogP contribution is -2.35. The van der Waals surface area contributed by atoms with Crippen LogP contribution in [0.2, 0.25) is 0 Å². The molecule has 1 saturated heterocycles. The first-order valence-electron chi connectivity index (χ1n) is 5.89. The molecular formula is C12H21NO4. The van der Waals surface area contributed by atoms with E-state index in [0.717, 1.165) is 0 Å². The van der Waals surface area contributed by atoms with Crippen LogP contribution in [0.4, 0.5) is 0 Å². The van der Waals surface area contributed by atoms with Crippen LogP contribution in [-0.2, 0) is 14.3 Å². The van der Waals surface area contributed by atoms with Gasteiger partial charge < -0.3 is 15.2 Å². The number of hydrogen-bond acceptors (Lipinski definition) is 4. The number of nitrogens with one attached hydrogen (secondary N) is 1. The summed E-state index contributed by atoms with van der Waals surface area (Å²) in [6.45, 7) is 8.13. The van der Waals surface area contributed by atoms with E-state index < -0.39 is 23.4 Å². The summed E-state index contributed by atoms with van der Waals surface area (Å²) in [5.41, 5.74) is -0.532. The minimum atomic E-state index is -0.851. The summed E-state index contributed by atoms with van der Waals surface area (Å²) in [6.07, 6.45) is 0. The molecule has 3 atom stereocenters. The molecule has 17 heavy (non-hydrogen) atoms. The van der Waals surface area contributed by atoms with E-state index in [0.29, 0.717) is 13.1 Å². The van der Waals surface area contributed by atoms with E-state index in [4.69, 9.17) is 9.84 Å². The SMILES string of the molecule is CC(C(=O)OC(C)(C)C)C1CNCC1C(=O)O. The first-order chi connectivity index (χ1) is 7.72. The molecule has 1 heterocycles. The number of carboxylic acid groups (broad SMARTS) is 1. The highest BCUT2D eigenvalue weighted by Crippen LogP contribution is 2.27. The van der Waals surface area contributed by atoms with E-state index in [-0.39, 0.29) is 11.9 Å². The van der Waals surface area contributed by atoms with Gasteiger partial charge in [0.1, 0.15) is 5.60 Å². The van der Waals surface area contributed by atoms with Crippen LogP contribution in [0.3, 0.4) is 0 Å². The van der Waals surface area contributed by atoms with Crippen molar-refractivity contribution in [3.05, 3.63) is 0 Å². The van der Waals surface area contributed by atoms with Gasteiger partial charge in [0.2, 0.25) is 0 Å². The quantitative estimate of drug-likeness (QED) is 0.720. The second-order valence-electron chi connectivity index (χ2n) is 5.59. The summed E-state index contributed by atoms with van der Waals surface area (Å²) in [6, 6.07) is 0. The van der Waals surface area contributed by atoms with Gasteiger partial charge in [0.25, 0.3) is 0 Å². The minimum absolute atomic E-state index is 0.192. The Morgan fingerprint density at radius 1 is 1.35 bits per heavy atom. The molecule has 0 amide bonds. The third kappa shape index (κ3) is 3.70. The largest absolute Gasteiger partial charge is 0.481 e. The molecule has 0 aromatic carbocycles. The lowest BCUT2D eigenvalue weighted by Gasteiger charge is -2.26. The first kappa shape index (κ1) is 14.0. The third-order valence-corrected chi connectivity index (χ3v) is 3.00. The maximum absolute atomic E-state index is 11.9. The number of aliphatic carboxylic acids is 1. The molecular weight excluding hydrogens is 222 g/mol. The summed E-state index contributed by atoms with van der Waals surface area (Å²) in [4.78, 5) is 22.9. The third-order valence-electron chi connectivity index (χ3n) is 3.00. The number of carbonyl (C=O) groups is 2. The van der Waals surface area contributed by atoms with Crippen molar-refractivity contribution in [1.82, 2.24) is 5.32 Å². The molecule has 0 aromatic heterocycles. The van der Waals surface area contributed by atoms with E-state index in [1.807, 2.05) is 0 Å². The van der Waals surface area contributed by atoms with Gasteiger partial charge in [-0.3, -0.25) is 9.59 Å². The van der Waals surface area contributed by atoms with Gasteiger partial charge in [-0.15, -0.1) is 0 Å². The molecule has 5 heteroatoms. The predicted octanol–water partition coefficient (Wildman–Crippen LogP) is 0.884. The highest BCUT2D eigenvalue weighted by molar-refractivity contribution is 5.76. The summed E-state index contributed by atoms with van der Waals surface area (Å²) in [7, 11) is 0. The normalized spacial score (nSPS) is 26.6. The Labute approximate surface area is 102 Å². The molecule has 1 fully saturated rings. The van der Waals surface area contributed by atoms with Crippen LogP contribution in [0.15, 0.2) is 0 Å². The number of esters is 1. The molecule has 2 N–H and O–H groups in total. The Morgan fingerprint density at radius 3 is 2.41 bits per heavy atom. The summed E-state index contributed by atoms with van der Waals surface area (Å²) < 4.78 is 5.28. The molecule has 0 aromatic rings. The average molecular weight is 243 g/mol. The topological polar surface area (TPSA) is 75.6 Å². The van der Waals surface area contributed by atoms with Crippen LogP contribution in [0, 0.1) is 17.8 Å². The zero-order valence-electron chi connectivity index (χ0n) is 10.8. The number of carbonyl (C=O) groups excluding carboxylic acids is 1. The Balaban J connectivity index is 2.66. The predicted molar refractivity (Wildman–Crippen MR) is 62.5 cm³/mol. The molecule has 0 aliphatic carbocycles. The smallest absolute Gasteiger partial charge is 0.309 e. The molecule has 3 unspecified atom stereocenters. The lowest BCUT2D eigenvalue weighted by atomic mass is 9.85. The number of ether oxygens (including phenoxy) is 1. The standard InChI is InChI=1S/C12H21NO4/c1-7(11(16)17-12(2,3)4)8-5-13-6-9(8)10(14)15/h7-9,13H,5-6H2,1-4H3,(H,14,15). The van der Waals surface area contributed by atoms with Gasteiger partial charge >= 0.3 is 11.9 Å². The van der Waals surface area contributed by atoms with Gasteiger partial charge in [0.05, 0.1) is 11.8 Å². The monoisotopic (exact) mass is 243 g/mol. The summed E-state index contributed by atoms with van der Waals surface area (Å²) in [5, 5.41) is 12.1. The first-order valence-corrected chi connectivity index (χ1v) is 5.89. The minimum Gasteiger partial charge on any atom is -0.481 e. The molecule has 0 saturated carbocycles. The molecule has 0 bridgehead atoms. The fourth-order valence-electron chi connectivity index (χ4n) is 2.06. The number of hydrogen-bond donors (Lipinski definition) is 2. The van der Waals surface area contributed by atoms with Crippen molar-refractivity contribution in [3.8, 4) is 0 Å². The van der Waals surface area contributed by atoms with E-state index in [2.05, 4.69) is 5.32 Å². The molecule has 0 radical (unpaired) electrons. The molecule has 1 aliphatic rings. The second-order valence-corrected chi connectivity index (χ2v) is 5.59. The maximum Gasteiger partial charge on any atom is 0.309 e. The van der Waals surface area contributed by atoms with Gasteiger partial charge in [0.15, 0.2) is 0 Å². The molecule has 1 aliphatic heterocycles. The second kappa shape index (κ2) is 5.04. The van der Waals surface area contributed by atoms with E-state index in [1.165, 1.54) is 0 Å². The Kier molecular flexibility index (Phi) is 4.14.